The smallest absolute Gasteiger partial charge is 0.328 e. The molecular formula is C25H26ClN3O5S. The van der Waals surface area contributed by atoms with Crippen molar-refractivity contribution < 1.29 is 19.1 Å². The number of halogens is 1. The van der Waals surface area contributed by atoms with Gasteiger partial charge in [-0.25, -0.2) is 4.79 Å². The molecule has 0 amide bonds. The first-order valence-electron chi connectivity index (χ1n) is 11.6. The molecule has 1 fully saturated rings. The van der Waals surface area contributed by atoms with E-state index in [0.717, 1.165) is 33.7 Å². The Bertz CT molecular complexity index is 1350. The molecule has 0 radical (unpaired) electrons. The maximum absolute atomic E-state index is 12.7. The van der Waals surface area contributed by atoms with Gasteiger partial charge in [-0.15, -0.1) is 11.8 Å². The molecule has 0 saturated carbocycles. The standard InChI is InChI=1S/C25H26ClN3O5S/c1-28-19-5-2-3-6-20(19)29(24(28)32)13-4-14-35-23-16-11-12-27-15-25(17(16)7-8-18(23)26)33-21(30)9-10-22(31)34-25/h2-3,5-8,27H,4,9-15H2,1H3. The summed E-state index contributed by atoms with van der Waals surface area (Å²) in [5, 5.41) is 3.83. The third kappa shape index (κ3) is 4.48. The number of fused-ring (bicyclic) bond motifs is 3. The molecule has 3 heterocycles. The number of carbonyl (C=O) groups is 2. The van der Waals surface area contributed by atoms with Gasteiger partial charge >= 0.3 is 17.6 Å². The van der Waals surface area contributed by atoms with Crippen molar-refractivity contribution in [3.63, 3.8) is 0 Å². The summed E-state index contributed by atoms with van der Waals surface area (Å²) >= 11 is 8.22. The van der Waals surface area contributed by atoms with Crippen LogP contribution in [0.15, 0.2) is 46.1 Å². The summed E-state index contributed by atoms with van der Waals surface area (Å²) < 4.78 is 14.9. The number of benzene rings is 2. The van der Waals surface area contributed by atoms with Crippen molar-refractivity contribution in [3.8, 4) is 0 Å². The van der Waals surface area contributed by atoms with Crippen molar-refractivity contribution in [1.82, 2.24) is 14.5 Å². The molecule has 10 heteroatoms. The second-order valence-corrected chi connectivity index (χ2v) is 10.2. The Balaban J connectivity index is 1.39. The number of nitrogens with one attached hydrogen (secondary N) is 1. The fourth-order valence-corrected chi connectivity index (χ4v) is 6.19. The number of hydrogen-bond acceptors (Lipinski definition) is 7. The van der Waals surface area contributed by atoms with Crippen molar-refractivity contribution in [2.75, 3.05) is 18.8 Å². The van der Waals surface area contributed by atoms with Crippen LogP contribution in [0.4, 0.5) is 0 Å². The Kier molecular flexibility index (Phi) is 6.65. The van der Waals surface area contributed by atoms with Crippen LogP contribution in [0.2, 0.25) is 5.02 Å². The van der Waals surface area contributed by atoms with Gasteiger partial charge in [0.25, 0.3) is 5.79 Å². The second-order valence-electron chi connectivity index (χ2n) is 8.71. The zero-order chi connectivity index (χ0) is 24.6. The summed E-state index contributed by atoms with van der Waals surface area (Å²) in [6.07, 6.45) is 1.40. The Labute approximate surface area is 211 Å². The molecule has 1 spiro atoms. The van der Waals surface area contributed by atoms with Gasteiger partial charge in [-0.3, -0.25) is 18.7 Å². The van der Waals surface area contributed by atoms with Crippen LogP contribution in [0.1, 0.15) is 30.4 Å². The van der Waals surface area contributed by atoms with E-state index < -0.39 is 17.7 Å². The fraction of sp³-hybridized carbons (Fsp3) is 0.400. The van der Waals surface area contributed by atoms with Crippen LogP contribution in [0.5, 0.6) is 0 Å². The first kappa shape index (κ1) is 24.0. The number of rotatable bonds is 5. The van der Waals surface area contributed by atoms with Gasteiger partial charge in [-0.1, -0.05) is 23.7 Å². The quantitative estimate of drug-likeness (QED) is 0.316. The summed E-state index contributed by atoms with van der Waals surface area (Å²) in [4.78, 5) is 38.2. The molecule has 2 aromatic carbocycles. The summed E-state index contributed by atoms with van der Waals surface area (Å²) in [5.74, 6) is -1.69. The maximum atomic E-state index is 12.7. The SMILES string of the molecule is Cn1c(=O)n(CCCSc2c(Cl)ccc3c2CCNCC32OC(=O)CCC(=O)O2)c2ccccc21. The average Bonchev–Trinajstić information content (AvgIpc) is 2.97. The Morgan fingerprint density at radius 3 is 2.49 bits per heavy atom. The molecule has 8 nitrogen and oxygen atoms in total. The summed E-state index contributed by atoms with van der Waals surface area (Å²) in [6, 6.07) is 11.3. The molecule has 0 bridgehead atoms. The molecular weight excluding hydrogens is 490 g/mol. The largest absolute Gasteiger partial charge is 0.416 e. The van der Waals surface area contributed by atoms with Crippen LogP contribution < -0.4 is 11.0 Å². The van der Waals surface area contributed by atoms with Crippen LogP contribution in [0.3, 0.4) is 0 Å². The normalized spacial score (nSPS) is 17.5. The van der Waals surface area contributed by atoms with Gasteiger partial charge < -0.3 is 14.8 Å². The van der Waals surface area contributed by atoms with Crippen molar-refractivity contribution in [3.05, 3.63) is 63.0 Å². The lowest BCUT2D eigenvalue weighted by molar-refractivity contribution is -0.225. The number of nitrogens with zero attached hydrogens (tertiary/aromatic N) is 2. The Morgan fingerprint density at radius 2 is 1.74 bits per heavy atom. The number of aryl methyl sites for hydroxylation is 2. The van der Waals surface area contributed by atoms with Crippen molar-refractivity contribution in [1.29, 1.82) is 0 Å². The monoisotopic (exact) mass is 515 g/mol. The minimum Gasteiger partial charge on any atom is -0.416 e. The molecule has 5 rings (SSSR count). The molecule has 1 aromatic heterocycles. The van der Waals surface area contributed by atoms with Crippen LogP contribution in [0, 0.1) is 0 Å². The van der Waals surface area contributed by atoms with E-state index in [2.05, 4.69) is 5.32 Å². The van der Waals surface area contributed by atoms with Gasteiger partial charge in [0.15, 0.2) is 0 Å². The number of para-hydroxylation sites is 2. The zero-order valence-corrected chi connectivity index (χ0v) is 20.9. The minimum atomic E-state index is -1.49. The molecule has 0 aliphatic carbocycles. The molecule has 1 N–H and O–H groups in total. The van der Waals surface area contributed by atoms with Gasteiger partial charge in [0.2, 0.25) is 0 Å². The first-order valence-corrected chi connectivity index (χ1v) is 13.0. The van der Waals surface area contributed by atoms with Crippen LogP contribution in [-0.4, -0.2) is 39.9 Å². The average molecular weight is 516 g/mol. The summed E-state index contributed by atoms with van der Waals surface area (Å²) in [5.41, 5.74) is 3.36. The topological polar surface area (TPSA) is 91.6 Å². The lowest BCUT2D eigenvalue weighted by Gasteiger charge is -2.32. The highest BCUT2D eigenvalue weighted by Crippen LogP contribution is 2.41. The van der Waals surface area contributed by atoms with Gasteiger partial charge in [0.1, 0.15) is 0 Å². The van der Waals surface area contributed by atoms with E-state index in [1.807, 2.05) is 24.3 Å². The molecule has 0 atom stereocenters. The predicted octanol–water partition coefficient (Wildman–Crippen LogP) is 3.35. The summed E-state index contributed by atoms with van der Waals surface area (Å²) in [7, 11) is 1.78. The number of esters is 2. The highest BCUT2D eigenvalue weighted by atomic mass is 35.5. The van der Waals surface area contributed by atoms with E-state index in [-0.39, 0.29) is 25.1 Å². The molecule has 2 aliphatic heterocycles. The number of aromatic nitrogens is 2. The van der Waals surface area contributed by atoms with Crippen LogP contribution in [0.25, 0.3) is 11.0 Å². The van der Waals surface area contributed by atoms with Crippen LogP contribution in [-0.2, 0) is 44.9 Å². The van der Waals surface area contributed by atoms with Gasteiger partial charge in [-0.05, 0) is 55.0 Å². The van der Waals surface area contributed by atoms with Gasteiger partial charge in [0, 0.05) is 24.1 Å². The van der Waals surface area contributed by atoms with E-state index in [1.54, 1.807) is 40.1 Å². The van der Waals surface area contributed by atoms with Crippen molar-refractivity contribution in [2.45, 2.75) is 42.9 Å². The number of ether oxygens (including phenoxy) is 2. The van der Waals surface area contributed by atoms with E-state index in [0.29, 0.717) is 30.1 Å². The third-order valence-electron chi connectivity index (χ3n) is 6.45. The molecule has 35 heavy (non-hydrogen) atoms. The second kappa shape index (κ2) is 9.72. The lowest BCUT2D eigenvalue weighted by Crippen LogP contribution is -2.43. The summed E-state index contributed by atoms with van der Waals surface area (Å²) in [6.45, 7) is 1.40. The number of thioether (sulfide) groups is 1. The molecule has 2 aliphatic rings. The highest BCUT2D eigenvalue weighted by Gasteiger charge is 2.45. The third-order valence-corrected chi connectivity index (χ3v) is 8.12. The zero-order valence-electron chi connectivity index (χ0n) is 19.3. The van der Waals surface area contributed by atoms with Gasteiger partial charge in [0.05, 0.1) is 35.4 Å². The Morgan fingerprint density at radius 1 is 1.03 bits per heavy atom. The number of imidazole rings is 1. The molecule has 184 valence electrons. The Hall–Kier alpha value is -2.75. The predicted molar refractivity (Wildman–Crippen MR) is 134 cm³/mol. The lowest BCUT2D eigenvalue weighted by atomic mass is 9.98. The van der Waals surface area contributed by atoms with Gasteiger partial charge in [-0.2, -0.15) is 0 Å². The van der Waals surface area contributed by atoms with E-state index in [9.17, 15) is 14.4 Å². The molecule has 0 unspecified atom stereocenters. The minimum absolute atomic E-state index is 0.00134. The van der Waals surface area contributed by atoms with Crippen molar-refractivity contribution >= 4 is 46.3 Å². The molecule has 1 saturated heterocycles. The number of carbonyl (C=O) groups excluding carboxylic acids is 2. The maximum Gasteiger partial charge on any atom is 0.328 e. The number of hydrogen-bond donors (Lipinski definition) is 1. The van der Waals surface area contributed by atoms with E-state index in [1.165, 1.54) is 0 Å². The van der Waals surface area contributed by atoms with Crippen molar-refractivity contribution in [2.24, 2.45) is 7.05 Å². The first-order chi connectivity index (χ1) is 16.9. The van der Waals surface area contributed by atoms with E-state index in [4.69, 9.17) is 21.1 Å². The molecule has 3 aromatic rings. The van der Waals surface area contributed by atoms with Crippen LogP contribution >= 0.6 is 23.4 Å². The van der Waals surface area contributed by atoms with E-state index >= 15 is 0 Å². The highest BCUT2D eigenvalue weighted by molar-refractivity contribution is 7.99. The fourth-order valence-electron chi connectivity index (χ4n) is 4.78.